The Bertz CT molecular complexity index is 542. The van der Waals surface area contributed by atoms with E-state index in [9.17, 15) is 13.2 Å². The van der Waals surface area contributed by atoms with E-state index in [1.54, 1.807) is 6.08 Å². The Morgan fingerprint density at radius 1 is 1.60 bits per heavy atom. The van der Waals surface area contributed by atoms with Crippen molar-refractivity contribution in [2.75, 3.05) is 18.1 Å². The Morgan fingerprint density at radius 2 is 2.30 bits per heavy atom. The summed E-state index contributed by atoms with van der Waals surface area (Å²) in [6.45, 7) is 8.03. The quantitative estimate of drug-likeness (QED) is 0.732. The van der Waals surface area contributed by atoms with Crippen LogP contribution in [0.4, 0.5) is 0 Å². The molecule has 5 nitrogen and oxygen atoms in total. The van der Waals surface area contributed by atoms with Crippen molar-refractivity contribution < 1.29 is 13.2 Å². The summed E-state index contributed by atoms with van der Waals surface area (Å²) in [6, 6.07) is -0.0773. The number of aliphatic imine (C=N–C) groups is 1. The number of rotatable bonds is 4. The van der Waals surface area contributed by atoms with Gasteiger partial charge in [-0.05, 0) is 6.42 Å². The summed E-state index contributed by atoms with van der Waals surface area (Å²) in [5.74, 6) is 0.0893. The zero-order valence-corrected chi connectivity index (χ0v) is 13.4. The highest BCUT2D eigenvalue weighted by Crippen LogP contribution is 2.38. The number of sulfone groups is 1. The number of hydrogen-bond donors (Lipinski definition) is 0. The second-order valence-electron chi connectivity index (χ2n) is 5.28. The highest BCUT2D eigenvalue weighted by Gasteiger charge is 2.48. The molecule has 0 aromatic heterocycles. The summed E-state index contributed by atoms with van der Waals surface area (Å²) >= 11 is 1.42. The standard InChI is InChI=1S/C13H20N2O3S2/c1-4-6-15-10-7-20(17,18)8-11(10)19-13(15)14-12(16)9(3)5-2/h4,9-11H,1,5-8H2,2-3H3/t9-,10-,11-/m0/s1. The summed E-state index contributed by atoms with van der Waals surface area (Å²) < 4.78 is 23.4. The Kier molecular flexibility index (Phi) is 4.59. The van der Waals surface area contributed by atoms with Crippen LogP contribution < -0.4 is 0 Å². The molecule has 0 spiro atoms. The van der Waals surface area contributed by atoms with Gasteiger partial charge in [-0.1, -0.05) is 31.7 Å². The topological polar surface area (TPSA) is 66.8 Å². The van der Waals surface area contributed by atoms with E-state index in [1.807, 2.05) is 18.7 Å². The molecule has 2 aliphatic heterocycles. The van der Waals surface area contributed by atoms with Crippen LogP contribution in [-0.4, -0.2) is 53.7 Å². The predicted octanol–water partition coefficient (Wildman–Crippen LogP) is 1.32. The summed E-state index contributed by atoms with van der Waals surface area (Å²) in [7, 11) is -2.97. The number of fused-ring (bicyclic) bond motifs is 1. The zero-order chi connectivity index (χ0) is 14.9. The summed E-state index contributed by atoms with van der Waals surface area (Å²) in [5.41, 5.74) is 0. The molecule has 7 heteroatoms. The molecule has 0 radical (unpaired) electrons. The van der Waals surface area contributed by atoms with Crippen molar-refractivity contribution in [2.24, 2.45) is 10.9 Å². The van der Waals surface area contributed by atoms with Crippen LogP contribution in [0.5, 0.6) is 0 Å². The van der Waals surface area contributed by atoms with E-state index in [-0.39, 0.29) is 34.6 Å². The smallest absolute Gasteiger partial charge is 0.250 e. The number of thioether (sulfide) groups is 1. The third-order valence-electron chi connectivity index (χ3n) is 3.74. The van der Waals surface area contributed by atoms with Gasteiger partial charge in [0.2, 0.25) is 0 Å². The Balaban J connectivity index is 2.22. The van der Waals surface area contributed by atoms with Gasteiger partial charge in [-0.3, -0.25) is 4.79 Å². The fourth-order valence-electron chi connectivity index (χ4n) is 2.37. The van der Waals surface area contributed by atoms with Gasteiger partial charge in [-0.2, -0.15) is 4.99 Å². The van der Waals surface area contributed by atoms with Crippen molar-refractivity contribution >= 4 is 32.7 Å². The first-order valence-corrected chi connectivity index (χ1v) is 9.45. The van der Waals surface area contributed by atoms with Crippen molar-refractivity contribution in [2.45, 2.75) is 31.6 Å². The largest absolute Gasteiger partial charge is 0.342 e. The molecular formula is C13H20N2O3S2. The van der Waals surface area contributed by atoms with Gasteiger partial charge in [-0.25, -0.2) is 8.42 Å². The number of hydrogen-bond acceptors (Lipinski definition) is 4. The third-order valence-corrected chi connectivity index (χ3v) is 6.99. The number of nitrogens with zero attached hydrogens (tertiary/aromatic N) is 2. The maximum absolute atomic E-state index is 12.0. The minimum atomic E-state index is -2.97. The fraction of sp³-hybridized carbons (Fsp3) is 0.692. The van der Waals surface area contributed by atoms with Crippen LogP contribution in [0.2, 0.25) is 0 Å². The minimum Gasteiger partial charge on any atom is -0.342 e. The molecule has 2 saturated heterocycles. The Labute approximate surface area is 124 Å². The molecule has 1 amide bonds. The molecule has 112 valence electrons. The van der Waals surface area contributed by atoms with Crippen LogP contribution in [0.1, 0.15) is 20.3 Å². The SMILES string of the molecule is C=CCN1C(=NC(=O)[C@@H](C)CC)S[C@H]2CS(=O)(=O)C[C@@H]21. The van der Waals surface area contributed by atoms with E-state index in [0.717, 1.165) is 6.42 Å². The predicted molar refractivity (Wildman–Crippen MR) is 82.6 cm³/mol. The lowest BCUT2D eigenvalue weighted by atomic mass is 10.1. The van der Waals surface area contributed by atoms with Crippen molar-refractivity contribution in [1.29, 1.82) is 0 Å². The van der Waals surface area contributed by atoms with Gasteiger partial charge in [-0.15, -0.1) is 6.58 Å². The molecule has 2 rings (SSSR count). The summed E-state index contributed by atoms with van der Waals surface area (Å²) in [5, 5.41) is 0.642. The summed E-state index contributed by atoms with van der Waals surface area (Å²) in [4.78, 5) is 18.1. The Hall–Kier alpha value is -0.820. The molecule has 0 aromatic rings. The molecule has 2 heterocycles. The molecule has 20 heavy (non-hydrogen) atoms. The lowest BCUT2D eigenvalue weighted by Crippen LogP contribution is -2.37. The molecule has 0 saturated carbocycles. The number of amides is 1. The van der Waals surface area contributed by atoms with Crippen molar-refractivity contribution in [3.05, 3.63) is 12.7 Å². The highest BCUT2D eigenvalue weighted by atomic mass is 32.2. The van der Waals surface area contributed by atoms with Crippen LogP contribution in [-0.2, 0) is 14.6 Å². The lowest BCUT2D eigenvalue weighted by molar-refractivity contribution is -0.121. The zero-order valence-electron chi connectivity index (χ0n) is 11.8. The van der Waals surface area contributed by atoms with E-state index in [2.05, 4.69) is 11.6 Å². The first-order valence-electron chi connectivity index (χ1n) is 6.75. The van der Waals surface area contributed by atoms with E-state index in [4.69, 9.17) is 0 Å². The molecular weight excluding hydrogens is 296 g/mol. The maximum Gasteiger partial charge on any atom is 0.250 e. The van der Waals surface area contributed by atoms with Crippen LogP contribution in [0.15, 0.2) is 17.6 Å². The molecule has 2 fully saturated rings. The second kappa shape index (κ2) is 5.89. The van der Waals surface area contributed by atoms with Crippen molar-refractivity contribution in [3.63, 3.8) is 0 Å². The van der Waals surface area contributed by atoms with Crippen molar-refractivity contribution in [1.82, 2.24) is 4.90 Å². The van der Waals surface area contributed by atoms with Gasteiger partial charge in [0.15, 0.2) is 15.0 Å². The summed E-state index contributed by atoms with van der Waals surface area (Å²) in [6.07, 6.45) is 2.47. The van der Waals surface area contributed by atoms with Gasteiger partial charge in [0.05, 0.1) is 17.5 Å². The van der Waals surface area contributed by atoms with Crippen LogP contribution in [0, 0.1) is 5.92 Å². The molecule has 0 N–H and O–H groups in total. The van der Waals surface area contributed by atoms with Gasteiger partial charge in [0, 0.05) is 17.7 Å². The number of carbonyl (C=O) groups is 1. The van der Waals surface area contributed by atoms with E-state index in [1.165, 1.54) is 11.8 Å². The average Bonchev–Trinajstić information content (AvgIpc) is 2.82. The Morgan fingerprint density at radius 3 is 2.90 bits per heavy atom. The van der Waals surface area contributed by atoms with Gasteiger partial charge >= 0.3 is 0 Å². The number of carbonyl (C=O) groups excluding carboxylic acids is 1. The first kappa shape index (κ1) is 15.6. The molecule has 2 aliphatic rings. The minimum absolute atomic E-state index is 0.0107. The fourth-order valence-corrected chi connectivity index (χ4v) is 6.33. The molecule has 0 aliphatic carbocycles. The lowest BCUT2D eigenvalue weighted by Gasteiger charge is -2.22. The van der Waals surface area contributed by atoms with Gasteiger partial charge < -0.3 is 4.90 Å². The van der Waals surface area contributed by atoms with Crippen molar-refractivity contribution in [3.8, 4) is 0 Å². The van der Waals surface area contributed by atoms with Crippen LogP contribution in [0.3, 0.4) is 0 Å². The highest BCUT2D eigenvalue weighted by molar-refractivity contribution is 8.15. The molecule has 0 bridgehead atoms. The maximum atomic E-state index is 12.0. The molecule has 0 unspecified atom stereocenters. The van der Waals surface area contributed by atoms with E-state index >= 15 is 0 Å². The molecule has 0 aromatic carbocycles. The van der Waals surface area contributed by atoms with E-state index < -0.39 is 9.84 Å². The van der Waals surface area contributed by atoms with Crippen LogP contribution >= 0.6 is 11.8 Å². The third kappa shape index (κ3) is 3.09. The average molecular weight is 316 g/mol. The monoisotopic (exact) mass is 316 g/mol. The van der Waals surface area contributed by atoms with Gasteiger partial charge in [0.25, 0.3) is 5.91 Å². The normalized spacial score (nSPS) is 31.3. The second-order valence-corrected chi connectivity index (χ2v) is 8.64. The van der Waals surface area contributed by atoms with Crippen LogP contribution in [0.25, 0.3) is 0 Å². The first-order chi connectivity index (χ1) is 9.38. The van der Waals surface area contributed by atoms with Gasteiger partial charge in [0.1, 0.15) is 0 Å². The molecule has 3 atom stereocenters. The van der Waals surface area contributed by atoms with E-state index in [0.29, 0.717) is 11.7 Å². The number of amidine groups is 1.